The van der Waals surface area contributed by atoms with Gasteiger partial charge in [0.2, 0.25) is 0 Å². The predicted octanol–water partition coefficient (Wildman–Crippen LogP) is 15.5. The highest BCUT2D eigenvalue weighted by atomic mass is 15.1. The summed E-state index contributed by atoms with van der Waals surface area (Å²) in [6, 6.07) is 70.8. The van der Waals surface area contributed by atoms with Crippen molar-refractivity contribution >= 4 is 44.9 Å². The third-order valence-electron chi connectivity index (χ3n) is 11.8. The van der Waals surface area contributed by atoms with Gasteiger partial charge in [-0.25, -0.2) is 0 Å². The second-order valence-corrected chi connectivity index (χ2v) is 16.5. The molecule has 0 aliphatic heterocycles. The highest BCUT2D eigenvalue weighted by molar-refractivity contribution is 5.90. The number of anilines is 6. The first-order valence-corrected chi connectivity index (χ1v) is 19.9. The molecule has 8 aromatic carbocycles. The summed E-state index contributed by atoms with van der Waals surface area (Å²) in [5, 5.41) is 2.47. The van der Waals surface area contributed by atoms with Crippen molar-refractivity contribution in [2.75, 3.05) is 9.80 Å². The summed E-state index contributed by atoms with van der Waals surface area (Å²) in [4.78, 5) is 4.85. The molecule has 0 fully saturated rings. The molecule has 0 atom stereocenters. The van der Waals surface area contributed by atoms with E-state index in [0.717, 1.165) is 34.9 Å². The normalized spacial score (nSPS) is 14.2. The van der Waals surface area contributed by atoms with Crippen molar-refractivity contribution in [3.05, 3.63) is 205 Å². The zero-order chi connectivity index (χ0) is 38.3. The standard InChI is InChI=1S/C54H48N2/c1-53(2)34-35-54(3,4)52-50(53)26-15-27-51(52)56(47-24-13-20-43(36-47)39-16-7-5-8-17-39)48-25-14-21-44(37-48)41-28-31-46(32-29-41)55(45-22-9-6-10-23-45)49-33-30-40-18-11-12-19-42(40)38-49/h5-33,36-38H,34-35H2,1-4H3. The Morgan fingerprint density at radius 1 is 0.339 bits per heavy atom. The van der Waals surface area contributed by atoms with Gasteiger partial charge in [-0.2, -0.15) is 0 Å². The fraction of sp³-hybridized carbons (Fsp3) is 0.148. The molecular weight excluding hydrogens is 677 g/mol. The van der Waals surface area contributed by atoms with Crippen LogP contribution in [0.2, 0.25) is 0 Å². The van der Waals surface area contributed by atoms with Crippen molar-refractivity contribution in [2.24, 2.45) is 0 Å². The first-order valence-electron chi connectivity index (χ1n) is 19.9. The maximum atomic E-state index is 2.50. The fourth-order valence-corrected chi connectivity index (χ4v) is 8.74. The van der Waals surface area contributed by atoms with Crippen molar-refractivity contribution in [1.82, 2.24) is 0 Å². The van der Waals surface area contributed by atoms with Gasteiger partial charge in [0.15, 0.2) is 0 Å². The lowest BCUT2D eigenvalue weighted by Gasteiger charge is -2.44. The van der Waals surface area contributed by atoms with Gasteiger partial charge < -0.3 is 9.80 Å². The largest absolute Gasteiger partial charge is 0.310 e. The first-order chi connectivity index (χ1) is 27.2. The number of hydrogen-bond donors (Lipinski definition) is 0. The van der Waals surface area contributed by atoms with E-state index in [1.807, 2.05) is 0 Å². The highest BCUT2D eigenvalue weighted by Gasteiger charge is 2.39. The highest BCUT2D eigenvalue weighted by Crippen LogP contribution is 2.52. The van der Waals surface area contributed by atoms with Crippen LogP contribution in [-0.2, 0) is 10.8 Å². The van der Waals surface area contributed by atoms with Crippen LogP contribution in [0, 0.1) is 0 Å². The molecule has 1 aliphatic rings. The molecule has 1 aliphatic carbocycles. The van der Waals surface area contributed by atoms with E-state index in [4.69, 9.17) is 0 Å². The maximum Gasteiger partial charge on any atom is 0.0502 e. The van der Waals surface area contributed by atoms with Crippen molar-refractivity contribution in [3.63, 3.8) is 0 Å². The maximum absolute atomic E-state index is 2.50. The molecule has 274 valence electrons. The Hall–Kier alpha value is -6.38. The average molecular weight is 725 g/mol. The van der Waals surface area contributed by atoms with E-state index in [2.05, 4.69) is 232 Å². The molecule has 0 spiro atoms. The molecule has 0 unspecified atom stereocenters. The van der Waals surface area contributed by atoms with Crippen molar-refractivity contribution in [1.29, 1.82) is 0 Å². The quantitative estimate of drug-likeness (QED) is 0.154. The molecule has 0 saturated carbocycles. The summed E-state index contributed by atoms with van der Waals surface area (Å²) >= 11 is 0. The van der Waals surface area contributed by atoms with E-state index in [1.54, 1.807) is 0 Å². The number of para-hydroxylation sites is 1. The van der Waals surface area contributed by atoms with Gasteiger partial charge in [-0.15, -0.1) is 0 Å². The molecule has 0 bridgehead atoms. The van der Waals surface area contributed by atoms with Crippen molar-refractivity contribution in [2.45, 2.75) is 51.4 Å². The van der Waals surface area contributed by atoms with Crippen molar-refractivity contribution in [3.8, 4) is 22.3 Å². The number of hydrogen-bond acceptors (Lipinski definition) is 2. The van der Waals surface area contributed by atoms with Crippen LogP contribution in [0.25, 0.3) is 33.0 Å². The summed E-state index contributed by atoms with van der Waals surface area (Å²) < 4.78 is 0. The number of nitrogens with zero attached hydrogens (tertiary/aromatic N) is 2. The number of fused-ring (bicyclic) bond motifs is 2. The van der Waals surface area contributed by atoms with E-state index in [-0.39, 0.29) is 10.8 Å². The molecule has 2 nitrogen and oxygen atoms in total. The van der Waals surface area contributed by atoms with Crippen LogP contribution in [0.1, 0.15) is 51.7 Å². The summed E-state index contributed by atoms with van der Waals surface area (Å²) in [6.45, 7) is 9.68. The van der Waals surface area contributed by atoms with Gasteiger partial charge in [-0.1, -0.05) is 155 Å². The van der Waals surface area contributed by atoms with Crippen LogP contribution in [0.5, 0.6) is 0 Å². The summed E-state index contributed by atoms with van der Waals surface area (Å²) in [7, 11) is 0. The molecule has 56 heavy (non-hydrogen) atoms. The Bertz CT molecular complexity index is 2640. The summed E-state index contributed by atoms with van der Waals surface area (Å²) in [5.74, 6) is 0. The van der Waals surface area contributed by atoms with Crippen LogP contribution in [-0.4, -0.2) is 0 Å². The predicted molar refractivity (Wildman–Crippen MR) is 239 cm³/mol. The minimum Gasteiger partial charge on any atom is -0.310 e. The van der Waals surface area contributed by atoms with E-state index in [1.165, 1.54) is 56.3 Å². The van der Waals surface area contributed by atoms with Gasteiger partial charge >= 0.3 is 0 Å². The van der Waals surface area contributed by atoms with Crippen LogP contribution in [0.15, 0.2) is 194 Å². The van der Waals surface area contributed by atoms with E-state index in [9.17, 15) is 0 Å². The zero-order valence-electron chi connectivity index (χ0n) is 32.8. The molecule has 9 rings (SSSR count). The Labute approximate surface area is 332 Å². The summed E-state index contributed by atoms with van der Waals surface area (Å²) in [5.41, 5.74) is 14.7. The van der Waals surface area contributed by atoms with E-state index < -0.39 is 0 Å². The molecule has 0 aromatic heterocycles. The number of benzene rings is 8. The Balaban J connectivity index is 1.15. The minimum absolute atomic E-state index is 0.0276. The van der Waals surface area contributed by atoms with Crippen LogP contribution in [0.4, 0.5) is 34.1 Å². The molecule has 0 saturated heterocycles. The van der Waals surface area contributed by atoms with Gasteiger partial charge in [0.05, 0.1) is 5.69 Å². The van der Waals surface area contributed by atoms with Crippen molar-refractivity contribution < 1.29 is 0 Å². The van der Waals surface area contributed by atoms with Gasteiger partial charge in [-0.3, -0.25) is 0 Å². The Morgan fingerprint density at radius 3 is 1.50 bits per heavy atom. The van der Waals surface area contributed by atoms with Gasteiger partial charge in [0.1, 0.15) is 0 Å². The topological polar surface area (TPSA) is 6.48 Å². The van der Waals surface area contributed by atoms with Crippen LogP contribution >= 0.6 is 0 Å². The number of rotatable bonds is 8. The molecule has 2 heteroatoms. The Kier molecular flexibility index (Phi) is 9.06. The lowest BCUT2D eigenvalue weighted by Crippen LogP contribution is -2.35. The third-order valence-corrected chi connectivity index (χ3v) is 11.8. The van der Waals surface area contributed by atoms with Crippen LogP contribution in [0.3, 0.4) is 0 Å². The summed E-state index contributed by atoms with van der Waals surface area (Å²) in [6.07, 6.45) is 2.32. The zero-order valence-corrected chi connectivity index (χ0v) is 32.8. The second-order valence-electron chi connectivity index (χ2n) is 16.5. The van der Waals surface area contributed by atoms with Gasteiger partial charge in [0.25, 0.3) is 0 Å². The molecule has 0 heterocycles. The van der Waals surface area contributed by atoms with Gasteiger partial charge in [-0.05, 0) is 135 Å². The Morgan fingerprint density at radius 2 is 0.821 bits per heavy atom. The van der Waals surface area contributed by atoms with Crippen LogP contribution < -0.4 is 9.80 Å². The smallest absolute Gasteiger partial charge is 0.0502 e. The monoisotopic (exact) mass is 724 g/mol. The van der Waals surface area contributed by atoms with E-state index in [0.29, 0.717) is 0 Å². The average Bonchev–Trinajstić information content (AvgIpc) is 3.24. The van der Waals surface area contributed by atoms with Gasteiger partial charge in [0, 0.05) is 28.4 Å². The minimum atomic E-state index is 0.0276. The molecule has 0 N–H and O–H groups in total. The fourth-order valence-electron chi connectivity index (χ4n) is 8.74. The van der Waals surface area contributed by atoms with E-state index >= 15 is 0 Å². The molecule has 0 radical (unpaired) electrons. The molecular formula is C54H48N2. The molecule has 8 aromatic rings. The molecule has 0 amide bonds. The SMILES string of the molecule is CC1(C)CCC(C)(C)c2c(N(c3cccc(-c4ccccc4)c3)c3cccc(-c4ccc(N(c5ccccc5)c5ccc6ccccc6c5)cc4)c3)cccc21. The lowest BCUT2D eigenvalue weighted by atomic mass is 9.62. The lowest BCUT2D eigenvalue weighted by molar-refractivity contribution is 0.332. The first kappa shape index (κ1) is 35.3. The third kappa shape index (κ3) is 6.66. The second kappa shape index (κ2) is 14.4.